The normalized spacial score (nSPS) is 10.6. The van der Waals surface area contributed by atoms with Gasteiger partial charge in [0, 0.05) is 19.3 Å². The van der Waals surface area contributed by atoms with E-state index in [-0.39, 0.29) is 0 Å². The Bertz CT molecular complexity index is 514. The second kappa shape index (κ2) is 4.83. The third-order valence-corrected chi connectivity index (χ3v) is 2.72. The van der Waals surface area contributed by atoms with Gasteiger partial charge in [-0.05, 0) is 29.3 Å². The molecule has 5 nitrogen and oxygen atoms in total. The Labute approximate surface area is 108 Å². The number of aromatic nitrogens is 4. The number of rotatable bonds is 3. The van der Waals surface area contributed by atoms with E-state index in [1.807, 2.05) is 26.2 Å². The summed E-state index contributed by atoms with van der Waals surface area (Å²) in [6.07, 6.45) is 2.83. The fourth-order valence-corrected chi connectivity index (χ4v) is 2.11. The van der Waals surface area contributed by atoms with E-state index in [9.17, 15) is 0 Å². The molecule has 0 unspecified atom stereocenters. The molecule has 0 atom stereocenters. The highest BCUT2D eigenvalue weighted by molar-refractivity contribution is 9.10. The van der Waals surface area contributed by atoms with Crippen LogP contribution in [-0.2, 0) is 13.5 Å². The molecule has 0 spiro atoms. The van der Waals surface area contributed by atoms with E-state index in [1.54, 1.807) is 4.68 Å². The van der Waals surface area contributed by atoms with E-state index >= 15 is 0 Å². The molecule has 2 aromatic rings. The lowest BCUT2D eigenvalue weighted by molar-refractivity contribution is 0.746. The van der Waals surface area contributed by atoms with Gasteiger partial charge in [0.2, 0.25) is 0 Å². The van der Waals surface area contributed by atoms with Crippen LogP contribution < -0.4 is 5.32 Å². The van der Waals surface area contributed by atoms with Crippen molar-refractivity contribution in [1.82, 2.24) is 19.7 Å². The summed E-state index contributed by atoms with van der Waals surface area (Å²) in [7, 11) is 1.91. The minimum atomic E-state index is 0.726. The smallest absolute Gasteiger partial charge is 0.135 e. The first-order chi connectivity index (χ1) is 8.08. The van der Waals surface area contributed by atoms with E-state index in [0.29, 0.717) is 0 Å². The van der Waals surface area contributed by atoms with Crippen LogP contribution in [0.5, 0.6) is 0 Å². The quantitative estimate of drug-likeness (QED) is 0.885. The zero-order valence-corrected chi connectivity index (χ0v) is 11.6. The summed E-state index contributed by atoms with van der Waals surface area (Å²) in [6, 6.07) is 1.85. The van der Waals surface area contributed by atoms with Gasteiger partial charge in [-0.2, -0.15) is 5.10 Å². The highest BCUT2D eigenvalue weighted by atomic mass is 79.9. The van der Waals surface area contributed by atoms with Crippen LogP contribution in [0.1, 0.15) is 18.4 Å². The Kier molecular flexibility index (Phi) is 3.42. The molecule has 0 aliphatic heterocycles. The Morgan fingerprint density at radius 1 is 1.41 bits per heavy atom. The molecular formula is C11H14BrN5. The molecule has 0 amide bonds. The van der Waals surface area contributed by atoms with Crippen LogP contribution in [0, 0.1) is 6.92 Å². The standard InChI is InChI=1S/C11H14BrN5/c1-4-8-9(6-17(3)16-8)15-11-5-10(12)13-7(2)14-11/h5-6H,4H2,1-3H3,(H,13,14,15). The van der Waals surface area contributed by atoms with E-state index < -0.39 is 0 Å². The molecule has 0 fully saturated rings. The topological polar surface area (TPSA) is 55.6 Å². The molecule has 0 bridgehead atoms. The summed E-state index contributed by atoms with van der Waals surface area (Å²) in [4.78, 5) is 8.49. The highest BCUT2D eigenvalue weighted by Crippen LogP contribution is 2.20. The second-order valence-corrected chi connectivity index (χ2v) is 4.58. The molecule has 0 saturated heterocycles. The minimum Gasteiger partial charge on any atom is -0.337 e. The maximum absolute atomic E-state index is 4.37. The largest absolute Gasteiger partial charge is 0.337 e. The molecule has 0 saturated carbocycles. The van der Waals surface area contributed by atoms with Crippen molar-refractivity contribution in [2.24, 2.45) is 7.05 Å². The van der Waals surface area contributed by atoms with Crippen molar-refractivity contribution in [1.29, 1.82) is 0 Å². The van der Waals surface area contributed by atoms with Crippen LogP contribution >= 0.6 is 15.9 Å². The lowest BCUT2D eigenvalue weighted by Crippen LogP contribution is -1.98. The van der Waals surface area contributed by atoms with Crippen molar-refractivity contribution >= 4 is 27.4 Å². The molecule has 6 heteroatoms. The lowest BCUT2D eigenvalue weighted by atomic mass is 10.3. The molecular weight excluding hydrogens is 282 g/mol. The van der Waals surface area contributed by atoms with Crippen LogP contribution in [0.25, 0.3) is 0 Å². The average Bonchev–Trinajstić information content (AvgIpc) is 2.57. The van der Waals surface area contributed by atoms with Gasteiger partial charge in [0.15, 0.2) is 0 Å². The second-order valence-electron chi connectivity index (χ2n) is 3.76. The number of anilines is 2. The maximum atomic E-state index is 4.37. The predicted molar refractivity (Wildman–Crippen MR) is 70.3 cm³/mol. The zero-order valence-electron chi connectivity index (χ0n) is 10.0. The number of nitrogens with one attached hydrogen (secondary N) is 1. The van der Waals surface area contributed by atoms with Crippen LogP contribution in [-0.4, -0.2) is 19.7 Å². The average molecular weight is 296 g/mol. The van der Waals surface area contributed by atoms with Crippen LogP contribution in [0.4, 0.5) is 11.5 Å². The molecule has 2 aromatic heterocycles. The molecule has 90 valence electrons. The van der Waals surface area contributed by atoms with Gasteiger partial charge in [0.25, 0.3) is 0 Å². The van der Waals surface area contributed by atoms with Gasteiger partial charge in [-0.1, -0.05) is 6.92 Å². The monoisotopic (exact) mass is 295 g/mol. The first-order valence-corrected chi connectivity index (χ1v) is 6.18. The van der Waals surface area contributed by atoms with Gasteiger partial charge in [-0.15, -0.1) is 0 Å². The van der Waals surface area contributed by atoms with E-state index in [0.717, 1.165) is 34.0 Å². The van der Waals surface area contributed by atoms with Crippen molar-refractivity contribution in [2.75, 3.05) is 5.32 Å². The number of hydrogen-bond donors (Lipinski definition) is 1. The van der Waals surface area contributed by atoms with Crippen molar-refractivity contribution < 1.29 is 0 Å². The summed E-state index contributed by atoms with van der Waals surface area (Å²) >= 11 is 3.36. The van der Waals surface area contributed by atoms with Gasteiger partial charge < -0.3 is 5.32 Å². The first-order valence-electron chi connectivity index (χ1n) is 5.39. The summed E-state index contributed by atoms with van der Waals surface area (Å²) in [5.41, 5.74) is 2.01. The van der Waals surface area contributed by atoms with E-state index in [1.165, 1.54) is 0 Å². The number of nitrogens with zero attached hydrogens (tertiary/aromatic N) is 4. The molecule has 0 aliphatic carbocycles. The zero-order chi connectivity index (χ0) is 12.4. The molecule has 1 N–H and O–H groups in total. The fourth-order valence-electron chi connectivity index (χ4n) is 1.63. The molecule has 0 aliphatic rings. The number of halogens is 1. The van der Waals surface area contributed by atoms with Gasteiger partial charge in [0.05, 0.1) is 11.4 Å². The van der Waals surface area contributed by atoms with E-state index in [4.69, 9.17) is 0 Å². The summed E-state index contributed by atoms with van der Waals surface area (Å²) in [5.74, 6) is 1.50. The fraction of sp³-hybridized carbons (Fsp3) is 0.364. The Hall–Kier alpha value is -1.43. The minimum absolute atomic E-state index is 0.726. The molecule has 2 heterocycles. The molecule has 0 aromatic carbocycles. The van der Waals surface area contributed by atoms with Crippen LogP contribution in [0.15, 0.2) is 16.9 Å². The Morgan fingerprint density at radius 3 is 2.82 bits per heavy atom. The van der Waals surface area contributed by atoms with Gasteiger partial charge in [-0.25, -0.2) is 9.97 Å². The van der Waals surface area contributed by atoms with Crippen molar-refractivity contribution in [3.63, 3.8) is 0 Å². The number of aryl methyl sites for hydroxylation is 3. The SMILES string of the molecule is CCc1nn(C)cc1Nc1cc(Br)nc(C)n1. The Balaban J connectivity index is 2.30. The van der Waals surface area contributed by atoms with Crippen LogP contribution in [0.3, 0.4) is 0 Å². The molecule has 17 heavy (non-hydrogen) atoms. The summed E-state index contributed by atoms with van der Waals surface area (Å²) < 4.78 is 2.57. The number of hydrogen-bond acceptors (Lipinski definition) is 4. The van der Waals surface area contributed by atoms with Crippen molar-refractivity contribution in [3.8, 4) is 0 Å². The van der Waals surface area contributed by atoms with Gasteiger partial charge >= 0.3 is 0 Å². The third kappa shape index (κ3) is 2.82. The maximum Gasteiger partial charge on any atom is 0.135 e. The Morgan fingerprint density at radius 2 is 2.18 bits per heavy atom. The summed E-state index contributed by atoms with van der Waals surface area (Å²) in [5, 5.41) is 7.63. The van der Waals surface area contributed by atoms with Crippen LogP contribution in [0.2, 0.25) is 0 Å². The van der Waals surface area contributed by atoms with Crippen molar-refractivity contribution in [2.45, 2.75) is 20.3 Å². The van der Waals surface area contributed by atoms with E-state index in [2.05, 4.69) is 43.2 Å². The molecule has 2 rings (SSSR count). The van der Waals surface area contributed by atoms with Gasteiger partial charge in [0.1, 0.15) is 16.2 Å². The lowest BCUT2D eigenvalue weighted by Gasteiger charge is -2.05. The first kappa shape index (κ1) is 12.0. The third-order valence-electron chi connectivity index (χ3n) is 2.31. The summed E-state index contributed by atoms with van der Waals surface area (Å²) in [6.45, 7) is 3.94. The van der Waals surface area contributed by atoms with Crippen molar-refractivity contribution in [3.05, 3.63) is 28.4 Å². The molecule has 0 radical (unpaired) electrons. The van der Waals surface area contributed by atoms with Gasteiger partial charge in [-0.3, -0.25) is 4.68 Å². The predicted octanol–water partition coefficient (Wildman–Crippen LogP) is 2.59. The highest BCUT2D eigenvalue weighted by Gasteiger charge is 2.07.